The van der Waals surface area contributed by atoms with Crippen molar-refractivity contribution < 1.29 is 9.90 Å². The fraction of sp³-hybridized carbons (Fsp3) is 0.286. The largest absolute Gasteiger partial charge is 0.481 e. The van der Waals surface area contributed by atoms with E-state index in [4.69, 9.17) is 5.11 Å². The number of nitrogens with zero attached hydrogens (tertiary/aromatic N) is 1. The average molecular weight is 259 g/mol. The summed E-state index contributed by atoms with van der Waals surface area (Å²) in [4.78, 5) is 15.3. The standard InChI is InChI=1S/C14H13NO2S/c16-12(17)8-10-2-1-3-11(13(10)9-4-5-9)14-15-6-7-18-14/h1-3,6-7,9H,4-5,8H2,(H,16,17). The maximum Gasteiger partial charge on any atom is 0.307 e. The zero-order valence-corrected chi connectivity index (χ0v) is 10.6. The molecule has 1 fully saturated rings. The summed E-state index contributed by atoms with van der Waals surface area (Å²) in [7, 11) is 0. The molecule has 0 saturated heterocycles. The molecule has 92 valence electrons. The topological polar surface area (TPSA) is 50.2 Å². The summed E-state index contributed by atoms with van der Waals surface area (Å²) in [6.45, 7) is 0. The number of hydrogen-bond donors (Lipinski definition) is 1. The minimum Gasteiger partial charge on any atom is -0.481 e. The molecule has 2 aromatic rings. The number of aromatic nitrogens is 1. The number of carboxylic acid groups (broad SMARTS) is 1. The quantitative estimate of drug-likeness (QED) is 0.916. The number of hydrogen-bond acceptors (Lipinski definition) is 3. The van der Waals surface area contributed by atoms with Crippen LogP contribution < -0.4 is 0 Å². The normalized spacial score (nSPS) is 14.7. The fourth-order valence-electron chi connectivity index (χ4n) is 2.33. The van der Waals surface area contributed by atoms with E-state index in [1.165, 1.54) is 5.56 Å². The van der Waals surface area contributed by atoms with Crippen LogP contribution in [-0.4, -0.2) is 16.1 Å². The first-order chi connectivity index (χ1) is 8.75. The van der Waals surface area contributed by atoms with Gasteiger partial charge in [0, 0.05) is 17.1 Å². The van der Waals surface area contributed by atoms with Crippen molar-refractivity contribution in [2.45, 2.75) is 25.2 Å². The number of carboxylic acids is 1. The van der Waals surface area contributed by atoms with Gasteiger partial charge in [-0.15, -0.1) is 11.3 Å². The van der Waals surface area contributed by atoms with Crippen LogP contribution in [0.15, 0.2) is 29.8 Å². The molecule has 1 N–H and O–H groups in total. The molecule has 1 aromatic heterocycles. The monoisotopic (exact) mass is 259 g/mol. The predicted molar refractivity (Wildman–Crippen MR) is 70.9 cm³/mol. The highest BCUT2D eigenvalue weighted by Crippen LogP contribution is 2.46. The number of thiazole rings is 1. The first kappa shape index (κ1) is 11.4. The Morgan fingerprint density at radius 3 is 2.89 bits per heavy atom. The van der Waals surface area contributed by atoms with E-state index in [0.29, 0.717) is 5.92 Å². The molecule has 1 aliphatic rings. The van der Waals surface area contributed by atoms with Crippen molar-refractivity contribution in [1.29, 1.82) is 0 Å². The van der Waals surface area contributed by atoms with Gasteiger partial charge in [-0.25, -0.2) is 4.98 Å². The fourth-order valence-corrected chi connectivity index (χ4v) is 3.00. The molecule has 0 amide bonds. The van der Waals surface area contributed by atoms with E-state index < -0.39 is 5.97 Å². The number of aliphatic carboxylic acids is 1. The minimum atomic E-state index is -0.770. The molecule has 0 bridgehead atoms. The van der Waals surface area contributed by atoms with E-state index in [-0.39, 0.29) is 6.42 Å². The average Bonchev–Trinajstić information content (AvgIpc) is 3.03. The van der Waals surface area contributed by atoms with Crippen LogP contribution in [0.25, 0.3) is 10.6 Å². The lowest BCUT2D eigenvalue weighted by atomic mass is 9.95. The van der Waals surface area contributed by atoms with Crippen molar-refractivity contribution in [2.24, 2.45) is 0 Å². The number of rotatable bonds is 4. The van der Waals surface area contributed by atoms with Crippen molar-refractivity contribution in [2.75, 3.05) is 0 Å². The molecule has 4 heteroatoms. The van der Waals surface area contributed by atoms with Gasteiger partial charge < -0.3 is 5.11 Å². The number of benzene rings is 1. The Kier molecular flexibility index (Phi) is 2.88. The molecule has 18 heavy (non-hydrogen) atoms. The molecule has 3 rings (SSSR count). The van der Waals surface area contributed by atoms with Gasteiger partial charge in [-0.3, -0.25) is 4.79 Å². The SMILES string of the molecule is O=C(O)Cc1cccc(-c2nccs2)c1C1CC1. The minimum absolute atomic E-state index is 0.102. The molecule has 0 radical (unpaired) electrons. The summed E-state index contributed by atoms with van der Waals surface area (Å²) in [5.74, 6) is -0.243. The van der Waals surface area contributed by atoms with Crippen molar-refractivity contribution in [1.82, 2.24) is 4.98 Å². The summed E-state index contributed by atoms with van der Waals surface area (Å²) >= 11 is 1.60. The Morgan fingerprint density at radius 2 is 2.28 bits per heavy atom. The van der Waals surface area contributed by atoms with E-state index in [0.717, 1.165) is 29.0 Å². The van der Waals surface area contributed by atoms with E-state index in [9.17, 15) is 4.79 Å². The Morgan fingerprint density at radius 1 is 1.44 bits per heavy atom. The molecule has 1 heterocycles. The Bertz CT molecular complexity index is 573. The third-order valence-corrected chi connectivity index (χ3v) is 3.99. The van der Waals surface area contributed by atoms with E-state index in [2.05, 4.69) is 11.1 Å². The predicted octanol–water partition coefficient (Wildman–Crippen LogP) is 3.31. The Hall–Kier alpha value is -1.68. The summed E-state index contributed by atoms with van der Waals surface area (Å²) in [5, 5.41) is 11.9. The van der Waals surface area contributed by atoms with Gasteiger partial charge in [0.2, 0.25) is 0 Å². The van der Waals surface area contributed by atoms with Crippen LogP contribution in [0.5, 0.6) is 0 Å². The molecular formula is C14H13NO2S. The summed E-state index contributed by atoms with van der Waals surface area (Å²) in [5.41, 5.74) is 3.26. The van der Waals surface area contributed by atoms with Crippen LogP contribution >= 0.6 is 11.3 Å². The molecule has 0 atom stereocenters. The van der Waals surface area contributed by atoms with Crippen molar-refractivity contribution in [3.63, 3.8) is 0 Å². The second-order valence-corrected chi connectivity index (χ2v) is 5.45. The highest BCUT2D eigenvalue weighted by molar-refractivity contribution is 7.13. The molecule has 1 aromatic carbocycles. The van der Waals surface area contributed by atoms with Crippen LogP contribution in [0.4, 0.5) is 0 Å². The second kappa shape index (κ2) is 4.53. The van der Waals surface area contributed by atoms with Gasteiger partial charge >= 0.3 is 5.97 Å². The molecule has 0 unspecified atom stereocenters. The molecule has 0 aliphatic heterocycles. The lowest BCUT2D eigenvalue weighted by Gasteiger charge is -2.11. The highest BCUT2D eigenvalue weighted by Gasteiger charge is 2.29. The third kappa shape index (κ3) is 2.16. The maximum atomic E-state index is 10.9. The summed E-state index contributed by atoms with van der Waals surface area (Å²) < 4.78 is 0. The van der Waals surface area contributed by atoms with E-state index in [1.807, 2.05) is 17.5 Å². The van der Waals surface area contributed by atoms with Crippen LogP contribution in [0.3, 0.4) is 0 Å². The first-order valence-electron chi connectivity index (χ1n) is 5.99. The van der Waals surface area contributed by atoms with Gasteiger partial charge in [-0.1, -0.05) is 18.2 Å². The lowest BCUT2D eigenvalue weighted by Crippen LogP contribution is -2.04. The van der Waals surface area contributed by atoms with Crippen LogP contribution in [0, 0.1) is 0 Å². The van der Waals surface area contributed by atoms with Crippen molar-refractivity contribution >= 4 is 17.3 Å². The van der Waals surface area contributed by atoms with Gasteiger partial charge in [0.05, 0.1) is 6.42 Å². The maximum absolute atomic E-state index is 10.9. The van der Waals surface area contributed by atoms with Crippen LogP contribution in [0.1, 0.15) is 29.9 Å². The zero-order chi connectivity index (χ0) is 12.5. The lowest BCUT2D eigenvalue weighted by molar-refractivity contribution is -0.136. The molecule has 1 saturated carbocycles. The first-order valence-corrected chi connectivity index (χ1v) is 6.87. The van der Waals surface area contributed by atoms with Gasteiger partial charge in [-0.2, -0.15) is 0 Å². The third-order valence-electron chi connectivity index (χ3n) is 3.19. The van der Waals surface area contributed by atoms with Gasteiger partial charge in [0.1, 0.15) is 5.01 Å². The molecule has 1 aliphatic carbocycles. The Labute approximate surface area is 109 Å². The number of carbonyl (C=O) groups is 1. The van der Waals surface area contributed by atoms with Crippen molar-refractivity contribution in [3.8, 4) is 10.6 Å². The molecular weight excluding hydrogens is 246 g/mol. The summed E-state index contributed by atoms with van der Waals surface area (Å²) in [6, 6.07) is 5.91. The molecule has 0 spiro atoms. The van der Waals surface area contributed by atoms with E-state index in [1.54, 1.807) is 17.5 Å². The van der Waals surface area contributed by atoms with Crippen molar-refractivity contribution in [3.05, 3.63) is 40.9 Å². The highest BCUT2D eigenvalue weighted by atomic mass is 32.1. The van der Waals surface area contributed by atoms with Crippen LogP contribution in [-0.2, 0) is 11.2 Å². The van der Waals surface area contributed by atoms with Gasteiger partial charge in [0.15, 0.2) is 0 Å². The van der Waals surface area contributed by atoms with E-state index >= 15 is 0 Å². The Balaban J connectivity index is 2.10. The van der Waals surface area contributed by atoms with Gasteiger partial charge in [0.25, 0.3) is 0 Å². The van der Waals surface area contributed by atoms with Crippen LogP contribution in [0.2, 0.25) is 0 Å². The summed E-state index contributed by atoms with van der Waals surface area (Å²) in [6.07, 6.45) is 4.22. The smallest absolute Gasteiger partial charge is 0.307 e. The zero-order valence-electron chi connectivity index (χ0n) is 9.80. The second-order valence-electron chi connectivity index (χ2n) is 4.56. The molecule has 3 nitrogen and oxygen atoms in total. The van der Waals surface area contributed by atoms with Gasteiger partial charge in [-0.05, 0) is 29.9 Å².